The van der Waals surface area contributed by atoms with Crippen molar-refractivity contribution in [3.05, 3.63) is 0 Å². The van der Waals surface area contributed by atoms with Crippen molar-refractivity contribution >= 4 is 16.1 Å². The van der Waals surface area contributed by atoms with Gasteiger partial charge in [0.2, 0.25) is 10.0 Å². The van der Waals surface area contributed by atoms with E-state index in [9.17, 15) is 13.2 Å². The third-order valence-corrected chi connectivity index (χ3v) is 5.56. The van der Waals surface area contributed by atoms with Crippen molar-refractivity contribution in [3.8, 4) is 0 Å². The maximum Gasteiger partial charge on any atom is 0.410 e. The first kappa shape index (κ1) is 20.2. The van der Waals surface area contributed by atoms with Crippen molar-refractivity contribution in [3.63, 3.8) is 0 Å². The molecule has 1 fully saturated rings. The molecule has 0 spiro atoms. The van der Waals surface area contributed by atoms with Crippen LogP contribution in [0.2, 0.25) is 0 Å². The molecule has 1 aliphatic rings. The van der Waals surface area contributed by atoms with Crippen LogP contribution in [0.1, 0.15) is 40.0 Å². The Labute approximate surface area is 140 Å². The molecule has 0 aromatic carbocycles. The number of ether oxygens (including phenoxy) is 1. The van der Waals surface area contributed by atoms with Crippen LogP contribution in [-0.4, -0.2) is 74.8 Å². The summed E-state index contributed by atoms with van der Waals surface area (Å²) in [5.74, 6) is 0.0547. The Bertz CT molecular complexity index is 485. The van der Waals surface area contributed by atoms with E-state index in [0.717, 1.165) is 19.3 Å². The molecular weight excluding hydrogens is 318 g/mol. The molecule has 0 bridgehead atoms. The molecule has 1 heterocycles. The maximum absolute atomic E-state index is 12.3. The molecule has 1 N–H and O–H groups in total. The highest BCUT2D eigenvalue weighted by molar-refractivity contribution is 7.89. The zero-order valence-electron chi connectivity index (χ0n) is 15.0. The molecule has 0 aliphatic carbocycles. The average Bonchev–Trinajstić information content (AvgIpc) is 2.42. The summed E-state index contributed by atoms with van der Waals surface area (Å²) in [6.45, 7) is 7.22. The summed E-state index contributed by atoms with van der Waals surface area (Å²) in [6, 6.07) is 0.0562. The molecule has 1 aliphatic heterocycles. The van der Waals surface area contributed by atoms with Crippen LogP contribution in [0.3, 0.4) is 0 Å². The van der Waals surface area contributed by atoms with Crippen molar-refractivity contribution in [2.24, 2.45) is 0 Å². The van der Waals surface area contributed by atoms with Crippen LogP contribution < -0.4 is 5.32 Å². The van der Waals surface area contributed by atoms with Crippen LogP contribution >= 0.6 is 0 Å². The van der Waals surface area contributed by atoms with Crippen LogP contribution in [0.25, 0.3) is 0 Å². The van der Waals surface area contributed by atoms with Gasteiger partial charge in [0.05, 0.1) is 5.75 Å². The van der Waals surface area contributed by atoms with E-state index < -0.39 is 15.6 Å². The Balaban J connectivity index is 2.48. The highest BCUT2D eigenvalue weighted by atomic mass is 32.2. The number of rotatable bonds is 6. The molecule has 23 heavy (non-hydrogen) atoms. The minimum absolute atomic E-state index is 0.0547. The maximum atomic E-state index is 12.3. The number of nitrogens with zero attached hydrogens (tertiary/aromatic N) is 2. The Morgan fingerprint density at radius 1 is 1.30 bits per heavy atom. The van der Waals surface area contributed by atoms with Crippen LogP contribution in [0.15, 0.2) is 0 Å². The number of carbonyl (C=O) groups excluding carboxylic acids is 1. The average molecular weight is 349 g/mol. The quantitative estimate of drug-likeness (QED) is 0.730. The van der Waals surface area contributed by atoms with E-state index in [-0.39, 0.29) is 17.9 Å². The summed E-state index contributed by atoms with van der Waals surface area (Å²) < 4.78 is 30.1. The molecule has 8 heteroatoms. The number of nitrogens with one attached hydrogen (secondary N) is 1. The van der Waals surface area contributed by atoms with Crippen molar-refractivity contribution < 1.29 is 17.9 Å². The largest absolute Gasteiger partial charge is 0.444 e. The van der Waals surface area contributed by atoms with Gasteiger partial charge < -0.3 is 15.0 Å². The molecular formula is C15H31N3O4S. The summed E-state index contributed by atoms with van der Waals surface area (Å²) in [5.41, 5.74) is -0.508. The van der Waals surface area contributed by atoms with Crippen molar-refractivity contribution in [2.75, 3.05) is 39.5 Å². The van der Waals surface area contributed by atoms with E-state index in [0.29, 0.717) is 19.6 Å². The lowest BCUT2D eigenvalue weighted by Crippen LogP contribution is -2.50. The third kappa shape index (κ3) is 7.05. The molecule has 1 atom stereocenters. The number of likely N-dealkylation sites (tertiary alicyclic amines) is 1. The third-order valence-electron chi connectivity index (χ3n) is 3.73. The second-order valence-corrected chi connectivity index (χ2v) is 9.43. The van der Waals surface area contributed by atoms with Gasteiger partial charge in [-0.1, -0.05) is 0 Å². The molecule has 136 valence electrons. The first-order chi connectivity index (χ1) is 10.5. The first-order valence-corrected chi connectivity index (χ1v) is 9.74. The number of sulfonamides is 1. The number of carbonyl (C=O) groups is 1. The van der Waals surface area contributed by atoms with Gasteiger partial charge in [-0.25, -0.2) is 17.5 Å². The Morgan fingerprint density at radius 3 is 2.52 bits per heavy atom. The molecule has 7 nitrogen and oxygen atoms in total. The monoisotopic (exact) mass is 349 g/mol. The second kappa shape index (κ2) is 8.30. The fourth-order valence-electron chi connectivity index (χ4n) is 2.43. The van der Waals surface area contributed by atoms with E-state index in [1.807, 2.05) is 20.8 Å². The van der Waals surface area contributed by atoms with E-state index in [1.165, 1.54) is 18.4 Å². The van der Waals surface area contributed by atoms with Gasteiger partial charge in [-0.3, -0.25) is 0 Å². The Morgan fingerprint density at radius 2 is 1.96 bits per heavy atom. The topological polar surface area (TPSA) is 79.0 Å². The van der Waals surface area contributed by atoms with Gasteiger partial charge in [0.1, 0.15) is 5.60 Å². The van der Waals surface area contributed by atoms with Crippen LogP contribution in [-0.2, 0) is 14.8 Å². The predicted molar refractivity (Wildman–Crippen MR) is 90.9 cm³/mol. The molecule has 0 saturated carbocycles. The Hall–Kier alpha value is -0.860. The number of piperidine rings is 1. The SMILES string of the molecule is CN(C)S(=O)(=O)CCNCC1CCCCN1C(=O)OC(C)(C)C. The number of hydrogen-bond acceptors (Lipinski definition) is 5. The zero-order chi connectivity index (χ0) is 17.7. The number of amides is 1. The smallest absolute Gasteiger partial charge is 0.410 e. The summed E-state index contributed by atoms with van der Waals surface area (Å²) in [5, 5.41) is 3.16. The van der Waals surface area contributed by atoms with Crippen LogP contribution in [0.5, 0.6) is 0 Å². The van der Waals surface area contributed by atoms with Gasteiger partial charge in [-0.05, 0) is 40.0 Å². The van der Waals surface area contributed by atoms with Gasteiger partial charge in [0.15, 0.2) is 0 Å². The minimum Gasteiger partial charge on any atom is -0.444 e. The molecule has 0 radical (unpaired) electrons. The fourth-order valence-corrected chi connectivity index (χ4v) is 3.19. The highest BCUT2D eigenvalue weighted by Gasteiger charge is 2.30. The summed E-state index contributed by atoms with van der Waals surface area (Å²) in [7, 11) is -0.132. The lowest BCUT2D eigenvalue weighted by molar-refractivity contribution is 0.0100. The van der Waals surface area contributed by atoms with Crippen molar-refractivity contribution in [1.82, 2.24) is 14.5 Å². The van der Waals surface area contributed by atoms with Gasteiger partial charge in [0.25, 0.3) is 0 Å². The summed E-state index contributed by atoms with van der Waals surface area (Å²) >= 11 is 0. The molecule has 0 aromatic heterocycles. The van der Waals surface area contributed by atoms with Gasteiger partial charge in [-0.15, -0.1) is 0 Å². The van der Waals surface area contributed by atoms with E-state index in [4.69, 9.17) is 4.74 Å². The molecule has 1 rings (SSSR count). The molecule has 1 saturated heterocycles. The van der Waals surface area contributed by atoms with Crippen molar-refractivity contribution in [1.29, 1.82) is 0 Å². The standard InChI is InChI=1S/C15H31N3O4S/c1-15(2,3)22-14(19)18-10-7-6-8-13(18)12-16-9-11-23(20,21)17(4)5/h13,16H,6-12H2,1-5H3. The molecule has 1 amide bonds. The normalized spacial score (nSPS) is 19.9. The number of hydrogen-bond donors (Lipinski definition) is 1. The van der Waals surface area contributed by atoms with Gasteiger partial charge in [-0.2, -0.15) is 0 Å². The fraction of sp³-hybridized carbons (Fsp3) is 0.933. The highest BCUT2D eigenvalue weighted by Crippen LogP contribution is 2.20. The molecule has 1 unspecified atom stereocenters. The predicted octanol–water partition coefficient (Wildman–Crippen LogP) is 1.26. The van der Waals surface area contributed by atoms with E-state index in [2.05, 4.69) is 5.32 Å². The molecule has 0 aromatic rings. The first-order valence-electron chi connectivity index (χ1n) is 8.13. The Kier molecular flexibility index (Phi) is 7.29. The van der Waals surface area contributed by atoms with E-state index in [1.54, 1.807) is 4.90 Å². The zero-order valence-corrected chi connectivity index (χ0v) is 15.8. The van der Waals surface area contributed by atoms with E-state index >= 15 is 0 Å². The lowest BCUT2D eigenvalue weighted by atomic mass is 10.0. The van der Waals surface area contributed by atoms with Crippen LogP contribution in [0.4, 0.5) is 4.79 Å². The van der Waals surface area contributed by atoms with Gasteiger partial charge >= 0.3 is 6.09 Å². The summed E-state index contributed by atoms with van der Waals surface area (Å²) in [6.07, 6.45) is 2.67. The van der Waals surface area contributed by atoms with Crippen molar-refractivity contribution in [2.45, 2.75) is 51.7 Å². The van der Waals surface area contributed by atoms with Gasteiger partial charge in [0, 0.05) is 39.8 Å². The lowest BCUT2D eigenvalue weighted by Gasteiger charge is -2.37. The van der Waals surface area contributed by atoms with Crippen LogP contribution in [0, 0.1) is 0 Å². The minimum atomic E-state index is -3.19. The summed E-state index contributed by atoms with van der Waals surface area (Å²) in [4.78, 5) is 14.0. The second-order valence-electron chi connectivity index (χ2n) is 7.13.